The number of primary sulfonamides is 1. The van der Waals surface area contributed by atoms with E-state index in [4.69, 9.17) is 9.88 Å². The minimum atomic E-state index is -3.82. The molecule has 0 unspecified atom stereocenters. The van der Waals surface area contributed by atoms with Gasteiger partial charge in [0.25, 0.3) is 0 Å². The van der Waals surface area contributed by atoms with Gasteiger partial charge in [-0.05, 0) is 30.2 Å². The summed E-state index contributed by atoms with van der Waals surface area (Å²) in [6.45, 7) is 2.60. The number of hydrogen-bond acceptors (Lipinski definition) is 4. The number of carbonyl (C=O) groups excluding carboxylic acids is 1. The maximum atomic E-state index is 11.7. The van der Waals surface area contributed by atoms with Crippen LogP contribution in [0.25, 0.3) is 11.1 Å². The molecule has 128 valence electrons. The summed E-state index contributed by atoms with van der Waals surface area (Å²) in [7, 11) is -3.82. The van der Waals surface area contributed by atoms with E-state index in [-0.39, 0.29) is 4.90 Å². The van der Waals surface area contributed by atoms with Gasteiger partial charge in [-0.3, -0.25) is 0 Å². The van der Waals surface area contributed by atoms with Gasteiger partial charge in [0.2, 0.25) is 10.0 Å². The Morgan fingerprint density at radius 3 is 2.42 bits per heavy atom. The van der Waals surface area contributed by atoms with Crippen molar-refractivity contribution < 1.29 is 17.9 Å². The van der Waals surface area contributed by atoms with Gasteiger partial charge in [-0.25, -0.2) is 18.4 Å². The molecule has 0 fully saturated rings. The van der Waals surface area contributed by atoms with Gasteiger partial charge in [-0.1, -0.05) is 43.7 Å². The molecule has 24 heavy (non-hydrogen) atoms. The molecule has 0 aliphatic carbocycles. The average molecular weight is 348 g/mol. The van der Waals surface area contributed by atoms with Crippen molar-refractivity contribution in [3.8, 4) is 16.9 Å². The molecule has 0 bridgehead atoms. The Bertz CT molecular complexity index is 802. The van der Waals surface area contributed by atoms with Crippen molar-refractivity contribution in [3.05, 3.63) is 48.5 Å². The third-order valence-corrected chi connectivity index (χ3v) is 4.34. The fourth-order valence-electron chi connectivity index (χ4n) is 2.17. The second-order valence-electron chi connectivity index (χ2n) is 5.24. The van der Waals surface area contributed by atoms with E-state index in [0.29, 0.717) is 23.4 Å². The van der Waals surface area contributed by atoms with Crippen molar-refractivity contribution in [3.63, 3.8) is 0 Å². The molecule has 0 aliphatic rings. The summed E-state index contributed by atoms with van der Waals surface area (Å²) in [5, 5.41) is 7.89. The number of nitrogens with one attached hydrogen (secondary N) is 1. The smallest absolute Gasteiger partial charge is 0.410 e. The summed E-state index contributed by atoms with van der Waals surface area (Å²) in [6.07, 6.45) is 1.36. The predicted molar refractivity (Wildman–Crippen MR) is 92.2 cm³/mol. The second kappa shape index (κ2) is 7.94. The van der Waals surface area contributed by atoms with E-state index in [1.165, 1.54) is 6.07 Å². The Labute approximate surface area is 141 Å². The van der Waals surface area contributed by atoms with E-state index in [2.05, 4.69) is 5.32 Å². The third-order valence-electron chi connectivity index (χ3n) is 3.37. The lowest BCUT2D eigenvalue weighted by atomic mass is 10.1. The highest BCUT2D eigenvalue weighted by Gasteiger charge is 2.14. The largest absolute Gasteiger partial charge is 0.412 e. The summed E-state index contributed by atoms with van der Waals surface area (Å²) >= 11 is 0. The Morgan fingerprint density at radius 2 is 1.79 bits per heavy atom. The van der Waals surface area contributed by atoms with Crippen LogP contribution < -0.4 is 15.2 Å². The SMILES string of the molecule is CCCCNC(=O)Oc1ccc(-c2ccccc2S(N)(=O)=O)cc1. The van der Waals surface area contributed by atoms with Crippen LogP contribution in [0.5, 0.6) is 5.75 Å². The molecule has 0 spiro atoms. The van der Waals surface area contributed by atoms with Crippen LogP contribution in [-0.4, -0.2) is 21.1 Å². The standard InChI is InChI=1S/C17H20N2O4S/c1-2-3-12-19-17(20)23-14-10-8-13(9-11-14)15-6-4-5-7-16(15)24(18,21)22/h4-11H,2-3,12H2,1H3,(H,19,20)(H2,18,21,22). The molecule has 0 aromatic heterocycles. The highest BCUT2D eigenvalue weighted by molar-refractivity contribution is 7.89. The minimum Gasteiger partial charge on any atom is -0.410 e. The van der Waals surface area contributed by atoms with Crippen molar-refractivity contribution in [2.45, 2.75) is 24.7 Å². The molecule has 0 aliphatic heterocycles. The zero-order chi connectivity index (χ0) is 17.6. The molecular weight excluding hydrogens is 328 g/mol. The summed E-state index contributed by atoms with van der Waals surface area (Å²) in [5.41, 5.74) is 1.16. The fourth-order valence-corrected chi connectivity index (χ4v) is 2.93. The van der Waals surface area contributed by atoms with E-state index >= 15 is 0 Å². The van der Waals surface area contributed by atoms with Crippen LogP contribution in [0, 0.1) is 0 Å². The fraction of sp³-hybridized carbons (Fsp3) is 0.235. The Morgan fingerprint density at radius 1 is 1.12 bits per heavy atom. The van der Waals surface area contributed by atoms with Gasteiger partial charge < -0.3 is 10.1 Å². The van der Waals surface area contributed by atoms with Crippen LogP contribution in [0.1, 0.15) is 19.8 Å². The number of amides is 1. The molecule has 2 rings (SSSR count). The first kappa shape index (κ1) is 18.0. The van der Waals surface area contributed by atoms with Crippen LogP contribution in [0.15, 0.2) is 53.4 Å². The molecule has 7 heteroatoms. The van der Waals surface area contributed by atoms with Crippen molar-refractivity contribution in [2.75, 3.05) is 6.54 Å². The summed E-state index contributed by atoms with van der Waals surface area (Å²) < 4.78 is 28.5. The highest BCUT2D eigenvalue weighted by atomic mass is 32.2. The number of hydrogen-bond donors (Lipinski definition) is 2. The summed E-state index contributed by atoms with van der Waals surface area (Å²) in [6, 6.07) is 13.0. The molecule has 6 nitrogen and oxygen atoms in total. The Balaban J connectivity index is 2.15. The molecule has 0 saturated carbocycles. The number of unbranched alkanes of at least 4 members (excludes halogenated alkanes) is 1. The molecule has 0 radical (unpaired) electrons. The number of benzene rings is 2. The molecular formula is C17H20N2O4S. The molecule has 0 atom stereocenters. The maximum Gasteiger partial charge on any atom is 0.412 e. The zero-order valence-electron chi connectivity index (χ0n) is 13.4. The second-order valence-corrected chi connectivity index (χ2v) is 6.77. The van der Waals surface area contributed by atoms with E-state index in [1.54, 1.807) is 42.5 Å². The van der Waals surface area contributed by atoms with Gasteiger partial charge >= 0.3 is 6.09 Å². The van der Waals surface area contributed by atoms with E-state index in [1.807, 2.05) is 6.92 Å². The summed E-state index contributed by atoms with van der Waals surface area (Å²) in [4.78, 5) is 11.7. The van der Waals surface area contributed by atoms with Gasteiger partial charge in [0.05, 0.1) is 4.90 Å². The zero-order valence-corrected chi connectivity index (χ0v) is 14.2. The summed E-state index contributed by atoms with van der Waals surface area (Å²) in [5.74, 6) is 0.376. The van der Waals surface area contributed by atoms with Gasteiger partial charge in [0, 0.05) is 12.1 Å². The van der Waals surface area contributed by atoms with E-state index in [9.17, 15) is 13.2 Å². The highest BCUT2D eigenvalue weighted by Crippen LogP contribution is 2.28. The monoisotopic (exact) mass is 348 g/mol. The predicted octanol–water partition coefficient (Wildman–Crippen LogP) is 2.89. The minimum absolute atomic E-state index is 0.0518. The topological polar surface area (TPSA) is 98.5 Å². The van der Waals surface area contributed by atoms with Crippen molar-refractivity contribution in [1.29, 1.82) is 0 Å². The van der Waals surface area contributed by atoms with Gasteiger partial charge in [-0.2, -0.15) is 0 Å². The van der Waals surface area contributed by atoms with Crippen molar-refractivity contribution >= 4 is 16.1 Å². The first-order chi connectivity index (χ1) is 11.4. The quantitative estimate of drug-likeness (QED) is 0.784. The Kier molecular flexibility index (Phi) is 5.94. The van der Waals surface area contributed by atoms with Gasteiger partial charge in [0.1, 0.15) is 5.75 Å². The van der Waals surface area contributed by atoms with Crippen LogP contribution in [0.4, 0.5) is 4.79 Å². The average Bonchev–Trinajstić information content (AvgIpc) is 2.55. The van der Waals surface area contributed by atoms with Crippen LogP contribution in [0.2, 0.25) is 0 Å². The van der Waals surface area contributed by atoms with Crippen molar-refractivity contribution in [2.24, 2.45) is 5.14 Å². The van der Waals surface area contributed by atoms with Crippen LogP contribution in [-0.2, 0) is 10.0 Å². The molecule has 1 amide bonds. The normalized spacial score (nSPS) is 11.1. The van der Waals surface area contributed by atoms with Crippen LogP contribution >= 0.6 is 0 Å². The lowest BCUT2D eigenvalue weighted by Gasteiger charge is -2.09. The maximum absolute atomic E-state index is 11.7. The first-order valence-electron chi connectivity index (χ1n) is 7.59. The molecule has 3 N–H and O–H groups in total. The van der Waals surface area contributed by atoms with E-state index in [0.717, 1.165) is 12.8 Å². The number of sulfonamides is 1. The van der Waals surface area contributed by atoms with Gasteiger partial charge in [0.15, 0.2) is 0 Å². The number of rotatable bonds is 6. The van der Waals surface area contributed by atoms with Crippen molar-refractivity contribution in [1.82, 2.24) is 5.32 Å². The van der Waals surface area contributed by atoms with Gasteiger partial charge in [-0.15, -0.1) is 0 Å². The first-order valence-corrected chi connectivity index (χ1v) is 9.14. The van der Waals surface area contributed by atoms with E-state index < -0.39 is 16.1 Å². The Hall–Kier alpha value is -2.38. The number of carbonyl (C=O) groups is 1. The molecule has 0 saturated heterocycles. The molecule has 0 heterocycles. The van der Waals surface area contributed by atoms with Crippen LogP contribution in [0.3, 0.4) is 0 Å². The molecule has 2 aromatic carbocycles. The third kappa shape index (κ3) is 4.81. The lowest BCUT2D eigenvalue weighted by Crippen LogP contribution is -2.27. The molecule has 2 aromatic rings. The number of ether oxygens (including phenoxy) is 1. The number of nitrogens with two attached hydrogens (primary N) is 1. The lowest BCUT2D eigenvalue weighted by molar-refractivity contribution is 0.200.